The number of benzene rings is 1. The number of hydrogen-bond donors (Lipinski definition) is 4. The van der Waals surface area contributed by atoms with Crippen molar-refractivity contribution in [2.75, 3.05) is 46.2 Å². The van der Waals surface area contributed by atoms with Crippen molar-refractivity contribution >= 4 is 46.8 Å². The second-order valence-corrected chi connectivity index (χ2v) is 12.1. The summed E-state index contributed by atoms with van der Waals surface area (Å²) in [4.78, 5) is 95.6. The number of primary amides is 1. The van der Waals surface area contributed by atoms with E-state index in [1.165, 1.54) is 19.0 Å². The van der Waals surface area contributed by atoms with Gasteiger partial charge in [-0.25, -0.2) is 9.18 Å². The number of hydrogen-bond acceptors (Lipinski definition) is 13. The van der Waals surface area contributed by atoms with Crippen molar-refractivity contribution in [3.05, 3.63) is 23.0 Å². The van der Waals surface area contributed by atoms with Gasteiger partial charge in [0, 0.05) is 17.5 Å². The van der Waals surface area contributed by atoms with Crippen LogP contribution in [0, 0.1) is 29.5 Å². The molecule has 0 aromatic heterocycles. The zero-order chi connectivity index (χ0) is 33.1. The molecule has 3 aliphatic carbocycles. The number of carbonyl (C=O) groups is 7. The van der Waals surface area contributed by atoms with E-state index in [-0.39, 0.29) is 12.1 Å². The standard InChI is InChI=1S/C29H33FN4O11/c1-33(2)20-19-24(45-28(42)44-3)12-8-11-13(30)9-14(32-15(35)10-34-6-4-5-7-34)21(36)16(11)22(37)17(12)25(39)29(19,43)26(40)18(23(20)38)27(31)41/h9,12,17-20,24,36,43H,4-8,10H2,1-3H3,(H2,31,41)(H,32,35)/t12-,17?,18?,19-,20+,24+,29+/m1/s1. The summed E-state index contributed by atoms with van der Waals surface area (Å²) < 4.78 is 25.7. The summed E-state index contributed by atoms with van der Waals surface area (Å²) in [6, 6.07) is -0.790. The lowest BCUT2D eigenvalue weighted by atomic mass is 9.51. The lowest BCUT2D eigenvalue weighted by Crippen LogP contribution is -2.78. The van der Waals surface area contributed by atoms with Gasteiger partial charge in [-0.15, -0.1) is 0 Å². The molecule has 2 amide bonds. The van der Waals surface area contributed by atoms with Gasteiger partial charge in [-0.1, -0.05) is 0 Å². The number of fused-ring (bicyclic) bond motifs is 3. The SMILES string of the molecule is COC(=O)O[C@@H]1[C@H]2[C@H](N(C)C)C(=O)C(C(N)=O)C(=O)[C@@]2(O)C(=O)C2C(=O)c3c(O)c(NC(=O)CN4CCCC4)cc(F)c3C[C@H]21. The quantitative estimate of drug-likeness (QED) is 0.165. The average molecular weight is 633 g/mol. The van der Waals surface area contributed by atoms with Crippen LogP contribution < -0.4 is 11.1 Å². The van der Waals surface area contributed by atoms with Crippen molar-refractivity contribution in [3.8, 4) is 5.75 Å². The van der Waals surface area contributed by atoms with Crippen molar-refractivity contribution in [3.63, 3.8) is 0 Å². The molecule has 1 aliphatic heterocycles. The van der Waals surface area contributed by atoms with E-state index in [0.29, 0.717) is 13.1 Å². The van der Waals surface area contributed by atoms with E-state index in [4.69, 9.17) is 10.5 Å². The molecule has 7 atom stereocenters. The Bertz CT molecular complexity index is 1520. The Labute approximate surface area is 255 Å². The Kier molecular flexibility index (Phi) is 8.26. The average Bonchev–Trinajstić information content (AvgIpc) is 3.47. The molecule has 0 bridgehead atoms. The first-order chi connectivity index (χ1) is 21.1. The number of halogens is 1. The summed E-state index contributed by atoms with van der Waals surface area (Å²) in [5.74, 6) is -16.8. The predicted octanol–water partition coefficient (Wildman–Crippen LogP) is -1.20. The molecule has 4 aliphatic rings. The van der Waals surface area contributed by atoms with Gasteiger partial charge in [-0.05, 0) is 46.4 Å². The van der Waals surface area contributed by atoms with E-state index in [1.54, 1.807) is 0 Å². The predicted molar refractivity (Wildman–Crippen MR) is 148 cm³/mol. The van der Waals surface area contributed by atoms with Crippen LogP contribution in [0.3, 0.4) is 0 Å². The fourth-order valence-corrected chi connectivity index (χ4v) is 7.36. The highest BCUT2D eigenvalue weighted by Crippen LogP contribution is 2.52. The van der Waals surface area contributed by atoms with E-state index >= 15 is 4.39 Å². The molecule has 1 saturated heterocycles. The first-order valence-corrected chi connectivity index (χ1v) is 14.3. The smallest absolute Gasteiger partial charge is 0.505 e. The molecule has 0 spiro atoms. The van der Waals surface area contributed by atoms with Crippen LogP contribution in [-0.2, 0) is 39.9 Å². The van der Waals surface area contributed by atoms with Crippen LogP contribution in [0.2, 0.25) is 0 Å². The number of likely N-dealkylation sites (N-methyl/N-ethyl adjacent to an activating group) is 1. The number of aromatic hydroxyl groups is 1. The number of ketones is 4. The number of phenolic OH excluding ortho intramolecular Hbond substituents is 1. The fraction of sp³-hybridized carbons (Fsp3) is 0.552. The summed E-state index contributed by atoms with van der Waals surface area (Å²) >= 11 is 0. The van der Waals surface area contributed by atoms with Gasteiger partial charge in [-0.3, -0.25) is 38.6 Å². The Hall–Kier alpha value is -4.28. The lowest BCUT2D eigenvalue weighted by Gasteiger charge is -2.55. The van der Waals surface area contributed by atoms with Crippen LogP contribution in [0.15, 0.2) is 6.07 Å². The lowest BCUT2D eigenvalue weighted by molar-refractivity contribution is -0.197. The van der Waals surface area contributed by atoms with Gasteiger partial charge in [0.2, 0.25) is 11.8 Å². The van der Waals surface area contributed by atoms with Gasteiger partial charge in [-0.2, -0.15) is 0 Å². The monoisotopic (exact) mass is 632 g/mol. The maximum atomic E-state index is 15.7. The number of nitrogens with one attached hydrogen (secondary N) is 1. The fourth-order valence-electron chi connectivity index (χ4n) is 7.36. The minimum absolute atomic E-state index is 0.0505. The van der Waals surface area contributed by atoms with Gasteiger partial charge < -0.3 is 30.7 Å². The van der Waals surface area contributed by atoms with E-state index < -0.39 is 112 Å². The molecule has 2 unspecified atom stereocenters. The van der Waals surface area contributed by atoms with E-state index in [9.17, 15) is 43.8 Å². The number of rotatable bonds is 6. The zero-order valence-electron chi connectivity index (χ0n) is 24.7. The van der Waals surface area contributed by atoms with Crippen LogP contribution in [-0.4, -0.2) is 120 Å². The van der Waals surface area contributed by atoms with Gasteiger partial charge in [0.15, 0.2) is 34.7 Å². The minimum atomic E-state index is -3.24. The Morgan fingerprint density at radius 2 is 1.80 bits per heavy atom. The molecule has 5 N–H and O–H groups in total. The molecule has 1 heterocycles. The number of carbonyl (C=O) groups excluding carboxylic acids is 7. The molecule has 3 fully saturated rings. The second kappa shape index (κ2) is 11.6. The molecular formula is C29H33FN4O11. The van der Waals surface area contributed by atoms with Crippen molar-refractivity contribution in [2.45, 2.75) is 37.0 Å². The number of Topliss-reactive ketones (excluding diaryl/α,β-unsaturated/α-hetero) is 4. The van der Waals surface area contributed by atoms with E-state index in [1.807, 2.05) is 4.90 Å². The molecule has 45 heavy (non-hydrogen) atoms. The molecule has 16 heteroatoms. The molecular weight excluding hydrogens is 599 g/mol. The first-order valence-electron chi connectivity index (χ1n) is 14.3. The third-order valence-corrected chi connectivity index (χ3v) is 9.30. The van der Waals surface area contributed by atoms with Gasteiger partial charge >= 0.3 is 6.16 Å². The van der Waals surface area contributed by atoms with Crippen molar-refractivity contribution < 1.29 is 57.6 Å². The summed E-state index contributed by atoms with van der Waals surface area (Å²) in [6.07, 6.45) is -1.87. The number of phenols is 1. The Morgan fingerprint density at radius 1 is 1.16 bits per heavy atom. The number of nitrogens with zero attached hydrogens (tertiary/aromatic N) is 2. The van der Waals surface area contributed by atoms with Crippen molar-refractivity contribution in [1.29, 1.82) is 0 Å². The molecule has 15 nitrogen and oxygen atoms in total. The number of aliphatic hydroxyl groups is 1. The third kappa shape index (κ3) is 4.96. The number of likely N-dealkylation sites (tertiary alicyclic amines) is 1. The van der Waals surface area contributed by atoms with Gasteiger partial charge in [0.05, 0.1) is 42.8 Å². The maximum absolute atomic E-state index is 15.7. The molecule has 242 valence electrons. The van der Waals surface area contributed by atoms with Crippen LogP contribution in [0.4, 0.5) is 14.9 Å². The normalized spacial score (nSPS) is 31.2. The number of nitrogens with two attached hydrogens (primary N) is 1. The van der Waals surface area contributed by atoms with Crippen LogP contribution in [0.5, 0.6) is 5.75 Å². The number of amides is 2. The van der Waals surface area contributed by atoms with Crippen molar-refractivity contribution in [2.24, 2.45) is 29.4 Å². The Morgan fingerprint density at radius 3 is 2.38 bits per heavy atom. The first kappa shape index (κ1) is 32.1. The second-order valence-electron chi connectivity index (χ2n) is 12.1. The summed E-state index contributed by atoms with van der Waals surface area (Å²) in [5.41, 5.74) is 0.601. The molecule has 1 aromatic rings. The minimum Gasteiger partial charge on any atom is -0.505 e. The third-order valence-electron chi connectivity index (χ3n) is 9.30. The summed E-state index contributed by atoms with van der Waals surface area (Å²) in [6.45, 7) is 1.30. The molecule has 0 radical (unpaired) electrons. The van der Waals surface area contributed by atoms with Gasteiger partial charge in [0.1, 0.15) is 17.7 Å². The van der Waals surface area contributed by atoms with E-state index in [2.05, 4.69) is 10.1 Å². The highest BCUT2D eigenvalue weighted by atomic mass is 19.1. The highest BCUT2D eigenvalue weighted by molar-refractivity contribution is 6.32. The number of ether oxygens (including phenoxy) is 2. The zero-order valence-corrected chi connectivity index (χ0v) is 24.7. The van der Waals surface area contributed by atoms with Gasteiger partial charge in [0.25, 0.3) is 0 Å². The number of methoxy groups -OCH3 is 1. The molecule has 2 saturated carbocycles. The maximum Gasteiger partial charge on any atom is 0.508 e. The van der Waals surface area contributed by atoms with Crippen LogP contribution in [0.1, 0.15) is 28.8 Å². The highest BCUT2D eigenvalue weighted by Gasteiger charge is 2.73. The summed E-state index contributed by atoms with van der Waals surface area (Å²) in [5, 5.41) is 25.4. The largest absolute Gasteiger partial charge is 0.508 e. The van der Waals surface area contributed by atoms with Crippen molar-refractivity contribution in [1.82, 2.24) is 9.80 Å². The summed E-state index contributed by atoms with van der Waals surface area (Å²) in [7, 11) is 3.64. The topological polar surface area (TPSA) is 223 Å². The molecule has 5 rings (SSSR count). The Balaban J connectivity index is 1.63. The number of anilines is 1. The van der Waals surface area contributed by atoms with E-state index in [0.717, 1.165) is 26.0 Å². The van der Waals surface area contributed by atoms with Crippen LogP contribution in [0.25, 0.3) is 0 Å². The molecule has 1 aromatic carbocycles. The van der Waals surface area contributed by atoms with Crippen LogP contribution >= 0.6 is 0 Å².